The Kier molecular flexibility index (Phi) is 5.59. The van der Waals surface area contributed by atoms with Crippen molar-refractivity contribution in [3.05, 3.63) is 57.1 Å². The number of nitro groups is 1. The second-order valence-electron chi connectivity index (χ2n) is 5.46. The second kappa shape index (κ2) is 7.65. The number of rotatable bonds is 6. The molecule has 0 aromatic heterocycles. The summed E-state index contributed by atoms with van der Waals surface area (Å²) in [6.45, 7) is 5.96. The quantitative estimate of drug-likeness (QED) is 0.634. The van der Waals surface area contributed by atoms with Gasteiger partial charge in [0.1, 0.15) is 5.56 Å². The number of carbonyl (C=O) groups is 1. The molecule has 1 amide bonds. The largest absolute Gasteiger partial charge is 0.493 e. The lowest BCUT2D eigenvalue weighted by Crippen LogP contribution is -2.14. The van der Waals surface area contributed by atoms with Gasteiger partial charge in [-0.05, 0) is 44.0 Å². The second-order valence-corrected chi connectivity index (χ2v) is 5.46. The molecule has 7 heteroatoms. The number of nitro benzene ring substituents is 1. The predicted octanol–water partition coefficient (Wildman–Crippen LogP) is 3.87. The van der Waals surface area contributed by atoms with Crippen LogP contribution in [0.15, 0.2) is 30.3 Å². The molecule has 0 unspecified atom stereocenters. The SMILES string of the molecule is CCOc1cc([N+](=O)[O-])c(C(=O)Nc2ccc(C)c(C)c2)cc1OC. The average molecular weight is 344 g/mol. The van der Waals surface area contributed by atoms with E-state index >= 15 is 0 Å². The number of carbonyl (C=O) groups excluding carboxylic acids is 1. The van der Waals surface area contributed by atoms with E-state index in [-0.39, 0.29) is 22.7 Å². The van der Waals surface area contributed by atoms with E-state index in [0.29, 0.717) is 12.3 Å². The molecule has 0 bridgehead atoms. The monoisotopic (exact) mass is 344 g/mol. The van der Waals surface area contributed by atoms with E-state index in [9.17, 15) is 14.9 Å². The first kappa shape index (κ1) is 18.3. The van der Waals surface area contributed by atoms with Gasteiger partial charge in [0.15, 0.2) is 11.5 Å². The minimum atomic E-state index is -0.614. The molecule has 0 aliphatic heterocycles. The van der Waals surface area contributed by atoms with Crippen LogP contribution in [0.2, 0.25) is 0 Å². The Labute approximate surface area is 145 Å². The molecule has 0 aliphatic rings. The molecule has 2 rings (SSSR count). The molecule has 2 aromatic rings. The van der Waals surface area contributed by atoms with Gasteiger partial charge in [0.25, 0.3) is 11.6 Å². The highest BCUT2D eigenvalue weighted by atomic mass is 16.6. The summed E-state index contributed by atoms with van der Waals surface area (Å²) in [5.41, 5.74) is 2.23. The maximum atomic E-state index is 12.6. The first-order valence-corrected chi connectivity index (χ1v) is 7.75. The van der Waals surface area contributed by atoms with Crippen LogP contribution in [-0.2, 0) is 0 Å². The minimum Gasteiger partial charge on any atom is -0.493 e. The van der Waals surface area contributed by atoms with Crippen LogP contribution in [0.5, 0.6) is 11.5 Å². The Hall–Kier alpha value is -3.09. The van der Waals surface area contributed by atoms with Crippen LogP contribution >= 0.6 is 0 Å². The Bertz CT molecular complexity index is 817. The molecule has 0 radical (unpaired) electrons. The van der Waals surface area contributed by atoms with Crippen LogP contribution < -0.4 is 14.8 Å². The highest BCUT2D eigenvalue weighted by molar-refractivity contribution is 6.07. The van der Waals surface area contributed by atoms with Gasteiger partial charge in [0.2, 0.25) is 0 Å². The van der Waals surface area contributed by atoms with Crippen molar-refractivity contribution >= 4 is 17.3 Å². The first-order valence-electron chi connectivity index (χ1n) is 7.75. The zero-order chi connectivity index (χ0) is 18.6. The average Bonchev–Trinajstić information content (AvgIpc) is 2.57. The van der Waals surface area contributed by atoms with E-state index < -0.39 is 10.8 Å². The molecule has 0 heterocycles. The summed E-state index contributed by atoms with van der Waals surface area (Å²) < 4.78 is 10.5. The van der Waals surface area contributed by atoms with E-state index in [1.807, 2.05) is 26.0 Å². The summed E-state index contributed by atoms with van der Waals surface area (Å²) in [5, 5.41) is 14.0. The Balaban J connectivity index is 2.43. The normalized spacial score (nSPS) is 10.2. The van der Waals surface area contributed by atoms with Crippen molar-refractivity contribution in [1.29, 1.82) is 0 Å². The Morgan fingerprint density at radius 3 is 2.44 bits per heavy atom. The maximum Gasteiger partial charge on any atom is 0.286 e. The van der Waals surface area contributed by atoms with Crippen LogP contribution in [0.4, 0.5) is 11.4 Å². The lowest BCUT2D eigenvalue weighted by molar-refractivity contribution is -0.385. The molecule has 1 N–H and O–H groups in total. The van der Waals surface area contributed by atoms with E-state index in [2.05, 4.69) is 5.32 Å². The van der Waals surface area contributed by atoms with Gasteiger partial charge in [-0.25, -0.2) is 0 Å². The third-order valence-corrected chi connectivity index (χ3v) is 3.79. The van der Waals surface area contributed by atoms with Crippen molar-refractivity contribution in [1.82, 2.24) is 0 Å². The number of ether oxygens (including phenoxy) is 2. The molecule has 0 saturated carbocycles. The van der Waals surface area contributed by atoms with Crippen LogP contribution in [0, 0.1) is 24.0 Å². The Morgan fingerprint density at radius 2 is 1.88 bits per heavy atom. The number of amides is 1. The van der Waals surface area contributed by atoms with Crippen LogP contribution in [-0.4, -0.2) is 24.5 Å². The molecule has 0 aliphatic carbocycles. The number of aryl methyl sites for hydroxylation is 2. The fraction of sp³-hybridized carbons (Fsp3) is 0.278. The van der Waals surface area contributed by atoms with Crippen LogP contribution in [0.1, 0.15) is 28.4 Å². The summed E-state index contributed by atoms with van der Waals surface area (Å²) in [7, 11) is 1.41. The molecule has 7 nitrogen and oxygen atoms in total. The summed E-state index contributed by atoms with van der Waals surface area (Å²) in [6, 6.07) is 7.96. The molecule has 0 atom stereocenters. The molecular weight excluding hydrogens is 324 g/mol. The van der Waals surface area contributed by atoms with Gasteiger partial charge in [-0.1, -0.05) is 6.07 Å². The van der Waals surface area contributed by atoms with Gasteiger partial charge in [-0.2, -0.15) is 0 Å². The van der Waals surface area contributed by atoms with Crippen molar-refractivity contribution in [2.75, 3.05) is 19.0 Å². The van der Waals surface area contributed by atoms with Crippen molar-refractivity contribution in [2.45, 2.75) is 20.8 Å². The summed E-state index contributed by atoms with van der Waals surface area (Å²) in [6.07, 6.45) is 0. The highest BCUT2D eigenvalue weighted by Gasteiger charge is 2.25. The summed E-state index contributed by atoms with van der Waals surface area (Å²) >= 11 is 0. The predicted molar refractivity (Wildman–Crippen MR) is 94.7 cm³/mol. The lowest BCUT2D eigenvalue weighted by atomic mass is 10.1. The molecule has 2 aromatic carbocycles. The first-order chi connectivity index (χ1) is 11.9. The topological polar surface area (TPSA) is 90.7 Å². The Morgan fingerprint density at radius 1 is 1.16 bits per heavy atom. The fourth-order valence-electron chi connectivity index (χ4n) is 2.33. The van der Waals surface area contributed by atoms with Crippen molar-refractivity contribution in [3.63, 3.8) is 0 Å². The van der Waals surface area contributed by atoms with Gasteiger partial charge < -0.3 is 14.8 Å². The third-order valence-electron chi connectivity index (χ3n) is 3.79. The number of nitrogens with one attached hydrogen (secondary N) is 1. The number of nitrogens with zero attached hydrogens (tertiary/aromatic N) is 1. The number of hydrogen-bond donors (Lipinski definition) is 1. The number of methoxy groups -OCH3 is 1. The molecule has 0 fully saturated rings. The van der Waals surface area contributed by atoms with E-state index in [1.54, 1.807) is 13.0 Å². The molecule has 0 spiro atoms. The minimum absolute atomic E-state index is 0.0940. The summed E-state index contributed by atoms with van der Waals surface area (Å²) in [5.74, 6) is -0.103. The molecule has 25 heavy (non-hydrogen) atoms. The van der Waals surface area contributed by atoms with Crippen molar-refractivity contribution in [2.24, 2.45) is 0 Å². The lowest BCUT2D eigenvalue weighted by Gasteiger charge is -2.12. The maximum absolute atomic E-state index is 12.6. The van der Waals surface area contributed by atoms with E-state index in [4.69, 9.17) is 9.47 Å². The van der Waals surface area contributed by atoms with Gasteiger partial charge >= 0.3 is 0 Å². The number of benzene rings is 2. The van der Waals surface area contributed by atoms with Crippen molar-refractivity contribution in [3.8, 4) is 11.5 Å². The van der Waals surface area contributed by atoms with Crippen molar-refractivity contribution < 1.29 is 19.2 Å². The van der Waals surface area contributed by atoms with Gasteiger partial charge in [-0.15, -0.1) is 0 Å². The fourth-order valence-corrected chi connectivity index (χ4v) is 2.33. The van der Waals surface area contributed by atoms with E-state index in [0.717, 1.165) is 11.1 Å². The van der Waals surface area contributed by atoms with Gasteiger partial charge in [0, 0.05) is 11.8 Å². The van der Waals surface area contributed by atoms with Crippen LogP contribution in [0.25, 0.3) is 0 Å². The highest BCUT2D eigenvalue weighted by Crippen LogP contribution is 2.35. The summed E-state index contributed by atoms with van der Waals surface area (Å²) in [4.78, 5) is 23.3. The molecule has 132 valence electrons. The number of anilines is 1. The standard InChI is InChI=1S/C18H20N2O5/c1-5-25-17-10-15(20(22)23)14(9-16(17)24-4)18(21)19-13-7-6-11(2)12(3)8-13/h6-10H,5H2,1-4H3,(H,19,21). The van der Waals surface area contributed by atoms with Crippen LogP contribution in [0.3, 0.4) is 0 Å². The molecule has 0 saturated heterocycles. The zero-order valence-electron chi connectivity index (χ0n) is 14.6. The van der Waals surface area contributed by atoms with Gasteiger partial charge in [-0.3, -0.25) is 14.9 Å². The zero-order valence-corrected chi connectivity index (χ0v) is 14.6. The molecular formula is C18H20N2O5. The van der Waals surface area contributed by atoms with E-state index in [1.165, 1.54) is 19.2 Å². The van der Waals surface area contributed by atoms with Gasteiger partial charge in [0.05, 0.1) is 24.7 Å². The number of hydrogen-bond acceptors (Lipinski definition) is 5. The smallest absolute Gasteiger partial charge is 0.286 e. The third kappa shape index (κ3) is 4.06.